The van der Waals surface area contributed by atoms with Crippen molar-refractivity contribution in [3.63, 3.8) is 0 Å². The predicted octanol–water partition coefficient (Wildman–Crippen LogP) is 2.36. The van der Waals surface area contributed by atoms with Crippen molar-refractivity contribution in [2.24, 2.45) is 0 Å². The fourth-order valence-electron chi connectivity index (χ4n) is 2.57. The highest BCUT2D eigenvalue weighted by atomic mass is 16.6. The number of carbonyl (C=O) groups excluding carboxylic acids is 1. The Labute approximate surface area is 129 Å². The van der Waals surface area contributed by atoms with Gasteiger partial charge in [0.15, 0.2) is 0 Å². The number of amides is 1. The van der Waals surface area contributed by atoms with Crippen molar-refractivity contribution in [2.75, 3.05) is 19.6 Å². The third-order valence-corrected chi connectivity index (χ3v) is 3.81. The van der Waals surface area contributed by atoms with E-state index >= 15 is 0 Å². The Morgan fingerprint density at radius 3 is 2.52 bits per heavy atom. The van der Waals surface area contributed by atoms with Crippen LogP contribution in [0.3, 0.4) is 0 Å². The van der Waals surface area contributed by atoms with Gasteiger partial charge in [0.2, 0.25) is 0 Å². The lowest BCUT2D eigenvalue weighted by Gasteiger charge is -2.25. The molecule has 1 heterocycles. The van der Waals surface area contributed by atoms with E-state index in [-0.39, 0.29) is 6.09 Å². The molecule has 0 radical (unpaired) electrons. The quantitative estimate of drug-likeness (QED) is 0.790. The SMILES string of the molecule is CCC(CNC(=O)OC(C)(C)C)NC1CCN(C(C)C)C1. The second-order valence-corrected chi connectivity index (χ2v) is 7.23. The van der Waals surface area contributed by atoms with E-state index in [9.17, 15) is 4.79 Å². The van der Waals surface area contributed by atoms with Gasteiger partial charge in [-0.05, 0) is 54.0 Å². The molecule has 1 aliphatic heterocycles. The Hall–Kier alpha value is -0.810. The Kier molecular flexibility index (Phi) is 6.94. The monoisotopic (exact) mass is 299 g/mol. The molecule has 0 aliphatic carbocycles. The van der Waals surface area contributed by atoms with Gasteiger partial charge < -0.3 is 15.4 Å². The predicted molar refractivity (Wildman–Crippen MR) is 86.6 cm³/mol. The van der Waals surface area contributed by atoms with Crippen molar-refractivity contribution in [1.29, 1.82) is 0 Å². The Bertz CT molecular complexity index is 326. The standard InChI is InChI=1S/C16H33N3O2/c1-7-13(10-17-15(20)21-16(4,5)6)18-14-8-9-19(11-14)12(2)3/h12-14,18H,7-11H2,1-6H3,(H,17,20). The fourth-order valence-corrected chi connectivity index (χ4v) is 2.57. The Morgan fingerprint density at radius 1 is 1.38 bits per heavy atom. The van der Waals surface area contributed by atoms with Crippen molar-refractivity contribution in [2.45, 2.75) is 78.1 Å². The molecule has 0 aromatic carbocycles. The van der Waals surface area contributed by atoms with Crippen LogP contribution in [0.1, 0.15) is 54.4 Å². The summed E-state index contributed by atoms with van der Waals surface area (Å²) < 4.78 is 5.27. The van der Waals surface area contributed by atoms with Crippen LogP contribution in [0, 0.1) is 0 Å². The number of likely N-dealkylation sites (tertiary alicyclic amines) is 1. The molecule has 2 N–H and O–H groups in total. The van der Waals surface area contributed by atoms with Crippen LogP contribution < -0.4 is 10.6 Å². The summed E-state index contributed by atoms with van der Waals surface area (Å²) in [6.45, 7) is 15.1. The molecule has 5 heteroatoms. The lowest BCUT2D eigenvalue weighted by molar-refractivity contribution is 0.0521. The summed E-state index contributed by atoms with van der Waals surface area (Å²) in [5.74, 6) is 0. The number of rotatable bonds is 6. The van der Waals surface area contributed by atoms with Crippen LogP contribution in [-0.2, 0) is 4.74 Å². The topological polar surface area (TPSA) is 53.6 Å². The van der Waals surface area contributed by atoms with Crippen LogP contribution in [0.2, 0.25) is 0 Å². The molecular formula is C16H33N3O2. The van der Waals surface area contributed by atoms with E-state index < -0.39 is 5.60 Å². The van der Waals surface area contributed by atoms with Crippen LogP contribution in [-0.4, -0.2) is 54.4 Å². The van der Waals surface area contributed by atoms with Gasteiger partial charge >= 0.3 is 6.09 Å². The highest BCUT2D eigenvalue weighted by molar-refractivity contribution is 5.67. The lowest BCUT2D eigenvalue weighted by Crippen LogP contribution is -2.47. The van der Waals surface area contributed by atoms with E-state index in [2.05, 4.69) is 36.3 Å². The maximum atomic E-state index is 11.7. The van der Waals surface area contributed by atoms with Gasteiger partial charge in [-0.25, -0.2) is 4.79 Å². The Morgan fingerprint density at radius 2 is 2.05 bits per heavy atom. The van der Waals surface area contributed by atoms with E-state index in [1.165, 1.54) is 6.42 Å². The molecular weight excluding hydrogens is 266 g/mol. The molecule has 0 aromatic heterocycles. The molecule has 21 heavy (non-hydrogen) atoms. The van der Waals surface area contributed by atoms with Gasteiger partial charge in [0.25, 0.3) is 0 Å². The van der Waals surface area contributed by atoms with Crippen molar-refractivity contribution in [3.8, 4) is 0 Å². The van der Waals surface area contributed by atoms with E-state index in [1.54, 1.807) is 0 Å². The Balaban J connectivity index is 2.31. The van der Waals surface area contributed by atoms with Crippen LogP contribution in [0.15, 0.2) is 0 Å². The molecule has 1 saturated heterocycles. The highest BCUT2D eigenvalue weighted by Gasteiger charge is 2.26. The summed E-state index contributed by atoms with van der Waals surface area (Å²) in [5, 5.41) is 6.52. The maximum absolute atomic E-state index is 11.7. The van der Waals surface area contributed by atoms with Gasteiger partial charge in [-0.2, -0.15) is 0 Å². The van der Waals surface area contributed by atoms with Crippen LogP contribution in [0.4, 0.5) is 4.79 Å². The number of alkyl carbamates (subject to hydrolysis) is 1. The number of nitrogens with one attached hydrogen (secondary N) is 2. The zero-order chi connectivity index (χ0) is 16.0. The number of hydrogen-bond donors (Lipinski definition) is 2. The minimum absolute atomic E-state index is 0.301. The van der Waals surface area contributed by atoms with Gasteiger partial charge in [0.05, 0.1) is 0 Å². The third-order valence-electron chi connectivity index (χ3n) is 3.81. The zero-order valence-electron chi connectivity index (χ0n) is 14.5. The van der Waals surface area contributed by atoms with Crippen LogP contribution in [0.5, 0.6) is 0 Å². The first-order valence-corrected chi connectivity index (χ1v) is 8.18. The van der Waals surface area contributed by atoms with Gasteiger partial charge in [0, 0.05) is 31.2 Å². The molecule has 1 aliphatic rings. The molecule has 124 valence electrons. The van der Waals surface area contributed by atoms with Crippen LogP contribution in [0.25, 0.3) is 0 Å². The second-order valence-electron chi connectivity index (χ2n) is 7.23. The average Bonchev–Trinajstić information content (AvgIpc) is 2.80. The molecule has 0 bridgehead atoms. The summed E-state index contributed by atoms with van der Waals surface area (Å²) in [5.41, 5.74) is -0.442. The summed E-state index contributed by atoms with van der Waals surface area (Å²) in [6.07, 6.45) is 1.84. The molecule has 1 fully saturated rings. The van der Waals surface area contributed by atoms with Gasteiger partial charge in [0.1, 0.15) is 5.60 Å². The smallest absolute Gasteiger partial charge is 0.407 e. The summed E-state index contributed by atoms with van der Waals surface area (Å²) >= 11 is 0. The second kappa shape index (κ2) is 7.99. The van der Waals surface area contributed by atoms with Gasteiger partial charge in [-0.15, -0.1) is 0 Å². The van der Waals surface area contributed by atoms with Gasteiger partial charge in [-0.3, -0.25) is 4.90 Å². The van der Waals surface area contributed by atoms with E-state index in [0.717, 1.165) is 19.5 Å². The molecule has 0 spiro atoms. The highest BCUT2D eigenvalue weighted by Crippen LogP contribution is 2.13. The molecule has 2 unspecified atom stereocenters. The van der Waals surface area contributed by atoms with Gasteiger partial charge in [-0.1, -0.05) is 6.92 Å². The van der Waals surface area contributed by atoms with E-state index in [1.807, 2.05) is 20.8 Å². The average molecular weight is 299 g/mol. The summed E-state index contributed by atoms with van der Waals surface area (Å²) in [7, 11) is 0. The number of ether oxygens (including phenoxy) is 1. The maximum Gasteiger partial charge on any atom is 0.407 e. The molecule has 5 nitrogen and oxygen atoms in total. The normalized spacial score (nSPS) is 21.6. The van der Waals surface area contributed by atoms with Crippen molar-refractivity contribution >= 4 is 6.09 Å². The molecule has 0 saturated carbocycles. The first-order chi connectivity index (χ1) is 9.71. The van der Waals surface area contributed by atoms with Crippen molar-refractivity contribution < 1.29 is 9.53 Å². The molecule has 1 rings (SSSR count). The number of carbonyl (C=O) groups is 1. The largest absolute Gasteiger partial charge is 0.444 e. The van der Waals surface area contributed by atoms with E-state index in [4.69, 9.17) is 4.74 Å². The lowest BCUT2D eigenvalue weighted by atomic mass is 10.1. The molecule has 2 atom stereocenters. The summed E-state index contributed by atoms with van der Waals surface area (Å²) in [4.78, 5) is 14.2. The minimum atomic E-state index is -0.442. The number of hydrogen-bond acceptors (Lipinski definition) is 4. The molecule has 0 aromatic rings. The summed E-state index contributed by atoms with van der Waals surface area (Å²) in [6, 6.07) is 1.43. The molecule has 1 amide bonds. The van der Waals surface area contributed by atoms with Crippen molar-refractivity contribution in [3.05, 3.63) is 0 Å². The number of nitrogens with zero attached hydrogens (tertiary/aromatic N) is 1. The minimum Gasteiger partial charge on any atom is -0.444 e. The zero-order valence-corrected chi connectivity index (χ0v) is 14.5. The third kappa shape index (κ3) is 7.14. The first-order valence-electron chi connectivity index (χ1n) is 8.18. The van der Waals surface area contributed by atoms with Crippen LogP contribution >= 0.6 is 0 Å². The van der Waals surface area contributed by atoms with Crippen molar-refractivity contribution in [1.82, 2.24) is 15.5 Å². The van der Waals surface area contributed by atoms with E-state index in [0.29, 0.717) is 24.7 Å². The first kappa shape index (κ1) is 18.2. The fraction of sp³-hybridized carbons (Fsp3) is 0.938.